The Balaban J connectivity index is 1.50. The van der Waals surface area contributed by atoms with Gasteiger partial charge in [0.05, 0.1) is 13.1 Å². The maximum atomic E-state index is 4.33. The van der Waals surface area contributed by atoms with Crippen LogP contribution in [0.25, 0.3) is 0 Å². The maximum Gasteiger partial charge on any atom is 0.202 e. The van der Waals surface area contributed by atoms with Gasteiger partial charge in [0, 0.05) is 9.75 Å². The van der Waals surface area contributed by atoms with Crippen molar-refractivity contribution in [1.29, 1.82) is 0 Å². The Kier molecular flexibility index (Phi) is 5.44. The van der Waals surface area contributed by atoms with Gasteiger partial charge >= 0.3 is 0 Å². The summed E-state index contributed by atoms with van der Waals surface area (Å²) >= 11 is 3.49. The normalized spacial score (nSPS) is 11.3. The highest BCUT2D eigenvalue weighted by molar-refractivity contribution is 8.76. The molecule has 0 atom stereocenters. The Bertz CT molecular complexity index is 890. The molecule has 0 bridgehead atoms. The van der Waals surface area contributed by atoms with Gasteiger partial charge < -0.3 is 9.13 Å². The third-order valence-electron chi connectivity index (χ3n) is 3.78. The van der Waals surface area contributed by atoms with E-state index in [4.69, 9.17) is 0 Å². The first-order valence-electron chi connectivity index (χ1n) is 7.89. The number of thiophene rings is 2. The van der Waals surface area contributed by atoms with E-state index in [0.717, 1.165) is 35.1 Å². The van der Waals surface area contributed by atoms with Gasteiger partial charge in [-0.15, -0.1) is 43.1 Å². The average Bonchev–Trinajstić information content (AvgIpc) is 3.41. The molecule has 4 rings (SSSR count). The second-order valence-electron chi connectivity index (χ2n) is 5.56. The number of aryl methyl sites for hydroxylation is 2. The van der Waals surface area contributed by atoms with Gasteiger partial charge in [0.2, 0.25) is 10.3 Å². The molecule has 10 heteroatoms. The number of rotatable bonds is 7. The summed E-state index contributed by atoms with van der Waals surface area (Å²) in [6.07, 6.45) is 0. The van der Waals surface area contributed by atoms with E-state index in [9.17, 15) is 0 Å². The van der Waals surface area contributed by atoms with Crippen molar-refractivity contribution >= 4 is 44.3 Å². The van der Waals surface area contributed by atoms with Crippen LogP contribution < -0.4 is 0 Å². The van der Waals surface area contributed by atoms with Crippen molar-refractivity contribution in [1.82, 2.24) is 29.5 Å². The van der Waals surface area contributed by atoms with Gasteiger partial charge in [-0.3, -0.25) is 0 Å². The molecule has 0 aliphatic carbocycles. The molecule has 134 valence electrons. The summed E-state index contributed by atoms with van der Waals surface area (Å²) in [4.78, 5) is 2.58. The second-order valence-corrected chi connectivity index (χ2v) is 9.69. The van der Waals surface area contributed by atoms with Crippen LogP contribution in [0.5, 0.6) is 0 Å². The lowest BCUT2D eigenvalue weighted by Crippen LogP contribution is -2.03. The van der Waals surface area contributed by atoms with Gasteiger partial charge in [0.1, 0.15) is 11.6 Å². The van der Waals surface area contributed by atoms with E-state index < -0.39 is 0 Å². The summed E-state index contributed by atoms with van der Waals surface area (Å²) in [5.41, 5.74) is 0. The van der Waals surface area contributed by atoms with Crippen molar-refractivity contribution in [2.75, 3.05) is 0 Å². The first-order valence-corrected chi connectivity index (χ1v) is 11.8. The zero-order chi connectivity index (χ0) is 17.9. The van der Waals surface area contributed by atoms with E-state index in [-0.39, 0.29) is 0 Å². The number of hydrogen-bond acceptors (Lipinski definition) is 8. The molecule has 0 fully saturated rings. The molecule has 0 aromatic carbocycles. The molecule has 0 aliphatic heterocycles. The van der Waals surface area contributed by atoms with E-state index in [1.54, 1.807) is 44.3 Å². The second kappa shape index (κ2) is 7.95. The third-order valence-corrected chi connectivity index (χ3v) is 7.63. The fraction of sp³-hybridized carbons (Fsp3) is 0.250. The van der Waals surface area contributed by atoms with Crippen LogP contribution in [0.15, 0.2) is 45.3 Å². The first kappa shape index (κ1) is 17.8. The van der Waals surface area contributed by atoms with E-state index in [2.05, 4.69) is 64.6 Å². The molecule has 0 aliphatic rings. The Labute approximate surface area is 167 Å². The molecular formula is C16H16N6S4. The van der Waals surface area contributed by atoms with Gasteiger partial charge in [-0.2, -0.15) is 0 Å². The molecule has 4 heterocycles. The van der Waals surface area contributed by atoms with E-state index in [1.165, 1.54) is 9.75 Å². The van der Waals surface area contributed by atoms with Crippen LogP contribution in [0.1, 0.15) is 21.4 Å². The molecule has 0 saturated carbocycles. The van der Waals surface area contributed by atoms with Crippen LogP contribution in [0.4, 0.5) is 0 Å². The zero-order valence-electron chi connectivity index (χ0n) is 14.2. The van der Waals surface area contributed by atoms with Gasteiger partial charge in [-0.1, -0.05) is 12.1 Å². The minimum absolute atomic E-state index is 0.792. The SMILES string of the molecule is Cc1nnc(SSc2nnc(C)n2Cc2cccs2)n1Cc1cccs1. The standard InChI is InChI=1S/C16H16N6S4/c1-11-17-19-15(21(11)9-13-5-3-7-23-13)25-26-16-20-18-12(2)22(16)10-14-6-4-8-24-14/h3-8H,9-10H2,1-2H3. The molecule has 0 N–H and O–H groups in total. The van der Waals surface area contributed by atoms with Crippen molar-refractivity contribution < 1.29 is 0 Å². The minimum atomic E-state index is 0.792. The van der Waals surface area contributed by atoms with E-state index in [1.807, 2.05) is 13.8 Å². The Morgan fingerprint density at radius 1 is 0.769 bits per heavy atom. The van der Waals surface area contributed by atoms with Gasteiger partial charge in [-0.25, -0.2) is 0 Å². The molecule has 4 aromatic rings. The van der Waals surface area contributed by atoms with Crippen LogP contribution in [0.2, 0.25) is 0 Å². The summed E-state index contributed by atoms with van der Waals surface area (Å²) in [5, 5.41) is 23.1. The summed E-state index contributed by atoms with van der Waals surface area (Å²) in [6, 6.07) is 8.40. The molecule has 6 nitrogen and oxygen atoms in total. The number of aromatic nitrogens is 6. The minimum Gasteiger partial charge on any atom is -0.300 e. The fourth-order valence-corrected chi connectivity index (χ4v) is 5.84. The Morgan fingerprint density at radius 2 is 1.23 bits per heavy atom. The molecule has 0 radical (unpaired) electrons. The van der Waals surface area contributed by atoms with Crippen molar-refractivity contribution in [3.63, 3.8) is 0 Å². The molecule has 4 aromatic heterocycles. The van der Waals surface area contributed by atoms with Crippen molar-refractivity contribution in [2.45, 2.75) is 37.2 Å². The van der Waals surface area contributed by atoms with Crippen LogP contribution in [0, 0.1) is 13.8 Å². The van der Waals surface area contributed by atoms with Crippen LogP contribution in [-0.4, -0.2) is 29.5 Å². The average molecular weight is 421 g/mol. The highest BCUT2D eigenvalue weighted by Gasteiger charge is 2.15. The summed E-state index contributed by atoms with van der Waals surface area (Å²) < 4.78 is 4.27. The van der Waals surface area contributed by atoms with Crippen molar-refractivity contribution in [3.8, 4) is 0 Å². The topological polar surface area (TPSA) is 61.4 Å². The zero-order valence-corrected chi connectivity index (χ0v) is 17.5. The van der Waals surface area contributed by atoms with Crippen LogP contribution >= 0.6 is 44.3 Å². The number of nitrogens with zero attached hydrogens (tertiary/aromatic N) is 6. The van der Waals surface area contributed by atoms with Crippen LogP contribution in [0.3, 0.4) is 0 Å². The third kappa shape index (κ3) is 3.88. The summed E-state index contributed by atoms with van der Waals surface area (Å²) in [7, 11) is 3.15. The molecule has 0 spiro atoms. The Hall–Kier alpha value is -1.62. The first-order chi connectivity index (χ1) is 12.7. The van der Waals surface area contributed by atoms with Crippen molar-refractivity contribution in [2.24, 2.45) is 0 Å². The predicted molar refractivity (Wildman–Crippen MR) is 108 cm³/mol. The Morgan fingerprint density at radius 3 is 1.62 bits per heavy atom. The highest BCUT2D eigenvalue weighted by atomic mass is 33.1. The highest BCUT2D eigenvalue weighted by Crippen LogP contribution is 2.36. The summed E-state index contributed by atoms with van der Waals surface area (Å²) in [6.45, 7) is 5.55. The quantitative estimate of drug-likeness (QED) is 0.410. The van der Waals surface area contributed by atoms with Gasteiger partial charge in [0.25, 0.3) is 0 Å². The largest absolute Gasteiger partial charge is 0.300 e. The van der Waals surface area contributed by atoms with E-state index >= 15 is 0 Å². The smallest absolute Gasteiger partial charge is 0.202 e. The summed E-state index contributed by atoms with van der Waals surface area (Å²) in [5.74, 6) is 1.83. The van der Waals surface area contributed by atoms with Crippen LogP contribution in [-0.2, 0) is 13.1 Å². The monoisotopic (exact) mass is 420 g/mol. The molecular weight excluding hydrogens is 404 g/mol. The van der Waals surface area contributed by atoms with E-state index in [0.29, 0.717) is 0 Å². The lowest BCUT2D eigenvalue weighted by atomic mass is 10.4. The predicted octanol–water partition coefficient (Wildman–Crippen LogP) is 4.51. The van der Waals surface area contributed by atoms with Gasteiger partial charge in [0.15, 0.2) is 0 Å². The molecule has 26 heavy (non-hydrogen) atoms. The lowest BCUT2D eigenvalue weighted by Gasteiger charge is -2.08. The lowest BCUT2D eigenvalue weighted by molar-refractivity contribution is 0.694. The fourth-order valence-electron chi connectivity index (χ4n) is 2.40. The molecule has 0 saturated heterocycles. The molecule has 0 unspecified atom stereocenters. The molecule has 0 amide bonds. The van der Waals surface area contributed by atoms with Gasteiger partial charge in [-0.05, 0) is 58.3 Å². The number of hydrogen-bond donors (Lipinski definition) is 0. The van der Waals surface area contributed by atoms with Crippen molar-refractivity contribution in [3.05, 3.63) is 56.4 Å². The maximum absolute atomic E-state index is 4.33.